The van der Waals surface area contributed by atoms with Crippen molar-refractivity contribution in [3.8, 4) is 0 Å². The minimum Gasteiger partial charge on any atom is -0.394 e. The number of nitrogens with one attached hydrogen (secondary N) is 1. The molecular formula is C11H13Cl2NO3. The van der Waals surface area contributed by atoms with Crippen LogP contribution in [0.25, 0.3) is 0 Å². The van der Waals surface area contributed by atoms with E-state index < -0.39 is 11.8 Å². The molecule has 0 bridgehead atoms. The summed E-state index contributed by atoms with van der Waals surface area (Å²) < 4.78 is 5.50. The van der Waals surface area contributed by atoms with Crippen LogP contribution >= 0.6 is 23.2 Å². The van der Waals surface area contributed by atoms with E-state index in [1.807, 2.05) is 0 Å². The maximum absolute atomic E-state index is 9.24. The van der Waals surface area contributed by atoms with Crippen molar-refractivity contribution in [2.75, 3.05) is 19.8 Å². The van der Waals surface area contributed by atoms with Gasteiger partial charge >= 0.3 is 0 Å². The first-order chi connectivity index (χ1) is 8.10. The number of aliphatic hydroxyl groups excluding tert-OH is 2. The Morgan fingerprint density at radius 3 is 2.59 bits per heavy atom. The van der Waals surface area contributed by atoms with E-state index in [9.17, 15) is 10.2 Å². The summed E-state index contributed by atoms with van der Waals surface area (Å²) in [5.74, 6) is 0. The average molecular weight is 278 g/mol. The molecule has 1 fully saturated rings. The van der Waals surface area contributed by atoms with Gasteiger partial charge in [-0.2, -0.15) is 0 Å². The highest BCUT2D eigenvalue weighted by molar-refractivity contribution is 6.35. The molecule has 0 amide bonds. The molecule has 0 aliphatic carbocycles. The van der Waals surface area contributed by atoms with Gasteiger partial charge in [0.15, 0.2) is 0 Å². The third-order valence-corrected chi connectivity index (χ3v) is 3.38. The number of aliphatic hydroxyl groups is 2. The minimum atomic E-state index is -0.812. The molecule has 1 aromatic carbocycles. The standard InChI is InChI=1S/C11H13Cl2NO3/c12-7-1-2-8(9(13)3-7)10-14-11(4-15,5-16)6-17-10/h1-3,10,14-16H,4-6H2. The van der Waals surface area contributed by atoms with Gasteiger partial charge in [-0.25, -0.2) is 0 Å². The lowest BCUT2D eigenvalue weighted by Gasteiger charge is -2.23. The lowest BCUT2D eigenvalue weighted by atomic mass is 10.0. The van der Waals surface area contributed by atoms with Crippen LogP contribution in [0.4, 0.5) is 0 Å². The van der Waals surface area contributed by atoms with E-state index in [2.05, 4.69) is 5.32 Å². The SMILES string of the molecule is OCC1(CO)COC(c2ccc(Cl)cc2Cl)N1. The Hall–Kier alpha value is -0.360. The second-order valence-corrected chi connectivity index (χ2v) is 4.94. The summed E-state index contributed by atoms with van der Waals surface area (Å²) in [5.41, 5.74) is -0.0759. The topological polar surface area (TPSA) is 61.7 Å². The van der Waals surface area contributed by atoms with Crippen LogP contribution in [0.2, 0.25) is 10.0 Å². The second-order valence-electron chi connectivity index (χ2n) is 4.10. The zero-order chi connectivity index (χ0) is 12.5. The van der Waals surface area contributed by atoms with Gasteiger partial charge in [-0.15, -0.1) is 0 Å². The van der Waals surface area contributed by atoms with Crippen molar-refractivity contribution >= 4 is 23.2 Å². The zero-order valence-corrected chi connectivity index (χ0v) is 10.5. The number of halogens is 2. The Balaban J connectivity index is 2.20. The van der Waals surface area contributed by atoms with Crippen molar-refractivity contribution in [2.45, 2.75) is 11.8 Å². The summed E-state index contributed by atoms with van der Waals surface area (Å²) in [6, 6.07) is 5.10. The van der Waals surface area contributed by atoms with Gasteiger partial charge in [0.05, 0.1) is 25.4 Å². The van der Waals surface area contributed by atoms with E-state index in [4.69, 9.17) is 27.9 Å². The molecule has 1 aromatic rings. The van der Waals surface area contributed by atoms with Crippen LogP contribution in [-0.4, -0.2) is 35.6 Å². The summed E-state index contributed by atoms with van der Waals surface area (Å²) in [4.78, 5) is 0. The number of hydrogen-bond donors (Lipinski definition) is 3. The molecule has 1 saturated heterocycles. The highest BCUT2D eigenvalue weighted by Crippen LogP contribution is 2.32. The van der Waals surface area contributed by atoms with Gasteiger partial charge < -0.3 is 14.9 Å². The molecule has 4 nitrogen and oxygen atoms in total. The van der Waals surface area contributed by atoms with Crippen molar-refractivity contribution in [3.63, 3.8) is 0 Å². The summed E-state index contributed by atoms with van der Waals surface area (Å²) in [6.45, 7) is -0.181. The van der Waals surface area contributed by atoms with Crippen molar-refractivity contribution in [3.05, 3.63) is 33.8 Å². The van der Waals surface area contributed by atoms with E-state index in [0.29, 0.717) is 10.0 Å². The molecule has 1 unspecified atom stereocenters. The second kappa shape index (κ2) is 5.10. The van der Waals surface area contributed by atoms with Crippen LogP contribution in [-0.2, 0) is 4.74 Å². The summed E-state index contributed by atoms with van der Waals surface area (Å²) in [5, 5.41) is 22.5. The summed E-state index contributed by atoms with van der Waals surface area (Å²) in [6.07, 6.45) is -0.445. The Bertz CT molecular complexity index is 410. The van der Waals surface area contributed by atoms with Crippen LogP contribution < -0.4 is 5.32 Å². The van der Waals surface area contributed by atoms with Gasteiger partial charge in [-0.05, 0) is 12.1 Å². The molecule has 1 heterocycles. The fraction of sp³-hybridized carbons (Fsp3) is 0.455. The Kier molecular flexibility index (Phi) is 3.92. The van der Waals surface area contributed by atoms with Crippen LogP contribution in [0, 0.1) is 0 Å². The lowest BCUT2D eigenvalue weighted by molar-refractivity contribution is 0.0760. The predicted octanol–water partition coefficient (Wildman–Crippen LogP) is 1.34. The first-order valence-corrected chi connectivity index (χ1v) is 5.92. The molecule has 17 heavy (non-hydrogen) atoms. The molecule has 0 spiro atoms. The fourth-order valence-electron chi connectivity index (χ4n) is 1.72. The van der Waals surface area contributed by atoms with Gasteiger partial charge in [0.2, 0.25) is 0 Å². The van der Waals surface area contributed by atoms with Gasteiger partial charge in [-0.1, -0.05) is 29.3 Å². The van der Waals surface area contributed by atoms with Gasteiger partial charge in [-0.3, -0.25) is 5.32 Å². The Labute approximate surface area is 109 Å². The number of rotatable bonds is 3. The summed E-state index contributed by atoms with van der Waals surface area (Å²) in [7, 11) is 0. The molecule has 2 rings (SSSR count). The molecule has 1 aliphatic heterocycles. The smallest absolute Gasteiger partial charge is 0.136 e. The van der Waals surface area contributed by atoms with Gasteiger partial charge in [0.25, 0.3) is 0 Å². The monoisotopic (exact) mass is 277 g/mol. The lowest BCUT2D eigenvalue weighted by Crippen LogP contribution is -2.49. The van der Waals surface area contributed by atoms with Crippen molar-refractivity contribution < 1.29 is 14.9 Å². The molecule has 94 valence electrons. The molecular weight excluding hydrogens is 265 g/mol. The van der Waals surface area contributed by atoms with Gasteiger partial charge in [0, 0.05) is 15.6 Å². The van der Waals surface area contributed by atoms with E-state index in [-0.39, 0.29) is 19.8 Å². The first-order valence-electron chi connectivity index (χ1n) is 5.16. The fourth-order valence-corrected chi connectivity index (χ4v) is 2.23. The predicted molar refractivity (Wildman–Crippen MR) is 65.2 cm³/mol. The normalized spacial score (nSPS) is 22.9. The first kappa shape index (κ1) is 13.1. The quantitative estimate of drug-likeness (QED) is 0.780. The number of hydrogen-bond acceptors (Lipinski definition) is 4. The highest BCUT2D eigenvalue weighted by Gasteiger charge is 2.39. The molecule has 1 aliphatic rings. The average Bonchev–Trinajstić information content (AvgIpc) is 2.74. The number of benzene rings is 1. The Morgan fingerprint density at radius 2 is 2.06 bits per heavy atom. The largest absolute Gasteiger partial charge is 0.394 e. The molecule has 0 radical (unpaired) electrons. The maximum Gasteiger partial charge on any atom is 0.136 e. The zero-order valence-electron chi connectivity index (χ0n) is 8.99. The molecule has 1 atom stereocenters. The maximum atomic E-state index is 9.24. The minimum absolute atomic E-state index is 0.203. The molecule has 3 N–H and O–H groups in total. The van der Waals surface area contributed by atoms with E-state index in [1.54, 1.807) is 18.2 Å². The van der Waals surface area contributed by atoms with Gasteiger partial charge in [0.1, 0.15) is 6.23 Å². The number of ether oxygens (including phenoxy) is 1. The van der Waals surface area contributed by atoms with Crippen LogP contribution in [0.15, 0.2) is 18.2 Å². The molecule has 0 aromatic heterocycles. The molecule has 0 saturated carbocycles. The molecule has 6 heteroatoms. The van der Waals surface area contributed by atoms with Crippen molar-refractivity contribution in [1.29, 1.82) is 0 Å². The van der Waals surface area contributed by atoms with Crippen molar-refractivity contribution in [2.24, 2.45) is 0 Å². The van der Waals surface area contributed by atoms with Crippen LogP contribution in [0.3, 0.4) is 0 Å². The third kappa shape index (κ3) is 2.57. The van der Waals surface area contributed by atoms with Crippen LogP contribution in [0.5, 0.6) is 0 Å². The van der Waals surface area contributed by atoms with E-state index in [1.165, 1.54) is 0 Å². The van der Waals surface area contributed by atoms with Crippen molar-refractivity contribution in [1.82, 2.24) is 5.32 Å². The van der Waals surface area contributed by atoms with Crippen LogP contribution in [0.1, 0.15) is 11.8 Å². The van der Waals surface area contributed by atoms with E-state index >= 15 is 0 Å². The highest BCUT2D eigenvalue weighted by atomic mass is 35.5. The third-order valence-electron chi connectivity index (χ3n) is 2.81. The Morgan fingerprint density at radius 1 is 1.35 bits per heavy atom. The van der Waals surface area contributed by atoms with E-state index in [0.717, 1.165) is 5.56 Å². The summed E-state index contributed by atoms with van der Waals surface area (Å²) >= 11 is 11.9.